The van der Waals surface area contributed by atoms with Gasteiger partial charge in [-0.05, 0) is 0 Å². The maximum absolute atomic E-state index is 0. The molecule has 0 heterocycles. The van der Waals surface area contributed by atoms with Gasteiger partial charge >= 0.3 is 21.1 Å². The van der Waals surface area contributed by atoms with Crippen LogP contribution in [0.1, 0.15) is 0 Å². The Balaban J connectivity index is 0. The Morgan fingerprint density at radius 2 is 0.333 bits per heavy atom. The smallest absolute Gasteiger partial charge is 1.00 e. The minimum Gasteiger partial charge on any atom is -1.00 e. The Kier molecular flexibility index (Phi) is 10000. The van der Waals surface area contributed by atoms with Gasteiger partial charge in [-0.2, -0.15) is 0 Å². The Morgan fingerprint density at radius 3 is 0.333 bits per heavy atom. The molecule has 0 fully saturated rings. The molecule has 0 saturated heterocycles. The molecule has 4 nitrogen and oxygen atoms in total. The summed E-state index contributed by atoms with van der Waals surface area (Å²) in [5.41, 5.74) is 0. The Labute approximate surface area is 94.9 Å². The third-order valence-corrected chi connectivity index (χ3v) is 0. The van der Waals surface area contributed by atoms with E-state index in [0.717, 1.165) is 0 Å². The molecule has 0 atom stereocenters. The third-order valence-electron chi connectivity index (χ3n) is 0. The van der Waals surface area contributed by atoms with Crippen LogP contribution in [-0.4, -0.2) is 0 Å². The SMILES string of the molecule is [Cl-].[Cl-].[Cl-].[Cl-].[N].[N].[N].[N].[Pt+4]. The van der Waals surface area contributed by atoms with Crippen LogP contribution in [0.5, 0.6) is 0 Å². The van der Waals surface area contributed by atoms with Gasteiger partial charge in [-0.1, -0.05) is 0 Å². The predicted molar refractivity (Wildman–Crippen MR) is 8.54 cm³/mol. The molecule has 0 aromatic heterocycles. The van der Waals surface area contributed by atoms with Gasteiger partial charge in [0.25, 0.3) is 0 Å². The number of hydrogen-bond donors (Lipinski definition) is 0. The summed E-state index contributed by atoms with van der Waals surface area (Å²) in [7, 11) is 0. The van der Waals surface area contributed by atoms with Crippen LogP contribution < -0.4 is 74.2 Å². The fourth-order valence-electron chi connectivity index (χ4n) is 0. The Bertz CT molecular complexity index is 12.5. The van der Waals surface area contributed by atoms with Crippen LogP contribution in [0.4, 0.5) is 0 Å². The maximum Gasteiger partial charge on any atom is 4.00 e. The van der Waals surface area contributed by atoms with Crippen molar-refractivity contribution in [2.75, 3.05) is 0 Å². The zero-order chi connectivity index (χ0) is 0. The zero-order valence-corrected chi connectivity index (χ0v) is 8.91. The predicted octanol–water partition coefficient (Wildman–Crippen LogP) is -13.9. The first kappa shape index (κ1) is 352. The van der Waals surface area contributed by atoms with Crippen LogP contribution in [-0.2, 0) is 21.1 Å². The molecule has 0 spiro atoms. The second kappa shape index (κ2) is 257. The molecule has 0 bridgehead atoms. The van der Waals surface area contributed by atoms with Gasteiger partial charge in [-0.3, -0.25) is 0 Å². The van der Waals surface area contributed by atoms with Crippen molar-refractivity contribution in [2.45, 2.75) is 0 Å². The molecule has 58 valence electrons. The van der Waals surface area contributed by atoms with Crippen LogP contribution >= 0.6 is 0 Å². The summed E-state index contributed by atoms with van der Waals surface area (Å²) < 4.78 is 0. The first-order chi connectivity index (χ1) is 0. The van der Waals surface area contributed by atoms with E-state index in [1.807, 2.05) is 0 Å². The molecule has 0 aliphatic heterocycles. The Morgan fingerprint density at radius 1 is 0.333 bits per heavy atom. The van der Waals surface area contributed by atoms with E-state index in [0.29, 0.717) is 0 Å². The van der Waals surface area contributed by atoms with Gasteiger partial charge in [0.05, 0.1) is 0 Å². The van der Waals surface area contributed by atoms with E-state index in [1.54, 1.807) is 0 Å². The van der Waals surface area contributed by atoms with Crippen LogP contribution in [0.2, 0.25) is 0 Å². The molecule has 9 heavy (non-hydrogen) atoms. The molecular formula is Cl4N4Pt. The van der Waals surface area contributed by atoms with Crippen LogP contribution in [0, 0.1) is 0 Å². The Hall–Kier alpha value is 1.69. The molecule has 0 aromatic rings. The van der Waals surface area contributed by atoms with Crippen molar-refractivity contribution in [1.82, 2.24) is 24.6 Å². The molecule has 0 N–H and O–H groups in total. The summed E-state index contributed by atoms with van der Waals surface area (Å²) in [6.07, 6.45) is 0. The fourth-order valence-corrected chi connectivity index (χ4v) is 0. The third kappa shape index (κ3) is 201. The molecular weight excluding hydrogens is 393 g/mol. The van der Waals surface area contributed by atoms with Crippen molar-refractivity contribution in [2.24, 2.45) is 0 Å². The van der Waals surface area contributed by atoms with E-state index in [1.165, 1.54) is 0 Å². The summed E-state index contributed by atoms with van der Waals surface area (Å²) in [5, 5.41) is 0. The summed E-state index contributed by atoms with van der Waals surface area (Å²) in [6.45, 7) is 0. The minimum absolute atomic E-state index is 0. The van der Waals surface area contributed by atoms with Crippen LogP contribution in [0.25, 0.3) is 0 Å². The average Bonchev–Trinajstić information content (AvgIpc) is 0. The van der Waals surface area contributed by atoms with Gasteiger partial charge in [0.15, 0.2) is 0 Å². The van der Waals surface area contributed by atoms with E-state index in [2.05, 4.69) is 0 Å². The standard InChI is InChI=1S/4ClH.4N.Pt/h4*1H;;;;;/q;;;;;;;;+4/p-4. The van der Waals surface area contributed by atoms with Gasteiger partial charge < -0.3 is 49.6 Å². The quantitative estimate of drug-likeness (QED) is 0.388. The van der Waals surface area contributed by atoms with E-state index < -0.39 is 0 Å². The van der Waals surface area contributed by atoms with Gasteiger partial charge in [0.1, 0.15) is 0 Å². The van der Waals surface area contributed by atoms with Crippen LogP contribution in [0.15, 0.2) is 0 Å². The molecule has 9 heteroatoms. The normalized spacial score (nSPS) is 0. The van der Waals surface area contributed by atoms with Crippen molar-refractivity contribution in [3.63, 3.8) is 0 Å². The van der Waals surface area contributed by atoms with Crippen molar-refractivity contribution in [3.8, 4) is 0 Å². The van der Waals surface area contributed by atoms with Crippen LogP contribution in [0.3, 0.4) is 0 Å². The van der Waals surface area contributed by atoms with E-state index >= 15 is 0 Å². The molecule has 0 rings (SSSR count). The van der Waals surface area contributed by atoms with Crippen molar-refractivity contribution in [3.05, 3.63) is 0 Å². The number of rotatable bonds is 0. The fraction of sp³-hybridized carbons (Fsp3) is 0. The van der Waals surface area contributed by atoms with Gasteiger partial charge in [-0.15, -0.1) is 0 Å². The van der Waals surface area contributed by atoms with E-state index in [4.69, 9.17) is 0 Å². The molecule has 0 aromatic carbocycles. The van der Waals surface area contributed by atoms with Gasteiger partial charge in [0, 0.05) is 24.6 Å². The number of nitrogens with zero attached hydrogens (tertiary/aromatic N) is 4. The van der Waals surface area contributed by atoms with Gasteiger partial charge in [0.2, 0.25) is 0 Å². The maximum atomic E-state index is 0. The zero-order valence-electron chi connectivity index (χ0n) is 3.62. The first-order valence-electron chi connectivity index (χ1n) is 0. The minimum atomic E-state index is 0. The second-order valence-electron chi connectivity index (χ2n) is 0. The van der Waals surface area contributed by atoms with Crippen molar-refractivity contribution >= 4 is 0 Å². The summed E-state index contributed by atoms with van der Waals surface area (Å²) in [5.74, 6) is 0. The second-order valence-corrected chi connectivity index (χ2v) is 0. The van der Waals surface area contributed by atoms with E-state index in [-0.39, 0.29) is 95.3 Å². The average molecular weight is 393 g/mol. The summed E-state index contributed by atoms with van der Waals surface area (Å²) in [6, 6.07) is 0. The monoisotopic (exact) mass is 391 g/mol. The molecule has 0 saturated carbocycles. The topological polar surface area (TPSA) is 122 Å². The van der Waals surface area contributed by atoms with Crippen molar-refractivity contribution < 1.29 is 70.7 Å². The molecule has 0 amide bonds. The first-order valence-corrected chi connectivity index (χ1v) is 0. The molecule has 0 aliphatic carbocycles. The molecule has 0 unspecified atom stereocenters. The number of hydrogen-bond acceptors (Lipinski definition) is 0. The van der Waals surface area contributed by atoms with Crippen molar-refractivity contribution in [1.29, 1.82) is 0 Å². The largest absolute Gasteiger partial charge is 4.00 e. The van der Waals surface area contributed by atoms with Gasteiger partial charge in [-0.25, -0.2) is 0 Å². The summed E-state index contributed by atoms with van der Waals surface area (Å²) in [4.78, 5) is 0. The number of halogens is 4. The summed E-state index contributed by atoms with van der Waals surface area (Å²) >= 11 is 0. The molecule has 0 aliphatic rings. The van der Waals surface area contributed by atoms with E-state index in [9.17, 15) is 0 Å². The molecule has 12 radical (unpaired) electrons.